The fourth-order valence-electron chi connectivity index (χ4n) is 1.30. The van der Waals surface area contributed by atoms with Gasteiger partial charge >= 0.3 is 5.97 Å². The second-order valence-corrected chi connectivity index (χ2v) is 4.33. The van der Waals surface area contributed by atoms with Gasteiger partial charge in [-0.2, -0.15) is 0 Å². The van der Waals surface area contributed by atoms with Crippen LogP contribution in [-0.4, -0.2) is 17.2 Å². The maximum Gasteiger partial charge on any atom is 0.305 e. The maximum atomic E-state index is 10.5. The quantitative estimate of drug-likeness (QED) is 0.807. The lowest BCUT2D eigenvalue weighted by Gasteiger charge is -2.11. The molecule has 0 saturated heterocycles. The van der Waals surface area contributed by atoms with E-state index in [2.05, 4.69) is 0 Å². The Bertz CT molecular complexity index is 346. The Morgan fingerprint density at radius 1 is 1.38 bits per heavy atom. The molecule has 1 atom stereocenters. The molecular weight excluding hydrogens is 228 g/mol. The van der Waals surface area contributed by atoms with Gasteiger partial charge in [-0.3, -0.25) is 4.79 Å². The van der Waals surface area contributed by atoms with E-state index >= 15 is 0 Å². The molecule has 1 aromatic carbocycles. The van der Waals surface area contributed by atoms with E-state index in [1.807, 2.05) is 13.8 Å². The Labute approximate surface area is 100.0 Å². The minimum atomic E-state index is -0.900. The number of hydrogen-bond donors (Lipinski definition) is 1. The van der Waals surface area contributed by atoms with Crippen LogP contribution in [0.1, 0.15) is 31.2 Å². The van der Waals surface area contributed by atoms with Crippen LogP contribution in [0, 0.1) is 0 Å². The zero-order valence-corrected chi connectivity index (χ0v) is 10.1. The summed E-state index contributed by atoms with van der Waals surface area (Å²) in [5.41, 5.74) is 0.792. The first kappa shape index (κ1) is 12.8. The smallest absolute Gasteiger partial charge is 0.305 e. The van der Waals surface area contributed by atoms with E-state index in [0.29, 0.717) is 0 Å². The zero-order chi connectivity index (χ0) is 12.1. The number of benzene rings is 1. The van der Waals surface area contributed by atoms with Gasteiger partial charge in [0.1, 0.15) is 5.75 Å². The highest BCUT2D eigenvalue weighted by molar-refractivity contribution is 6.21. The number of carboxylic acid groups (broad SMARTS) is 1. The van der Waals surface area contributed by atoms with Crippen LogP contribution in [0.5, 0.6) is 5.75 Å². The summed E-state index contributed by atoms with van der Waals surface area (Å²) in [5.74, 6) is -0.138. The molecule has 0 saturated carbocycles. The van der Waals surface area contributed by atoms with Gasteiger partial charge in [-0.1, -0.05) is 12.1 Å². The minimum Gasteiger partial charge on any atom is -0.491 e. The third-order valence-electron chi connectivity index (χ3n) is 1.97. The van der Waals surface area contributed by atoms with Crippen LogP contribution in [0.3, 0.4) is 0 Å². The highest BCUT2D eigenvalue weighted by atomic mass is 35.5. The highest BCUT2D eigenvalue weighted by Gasteiger charge is 2.12. The summed E-state index contributed by atoms with van der Waals surface area (Å²) in [6, 6.07) is 7.18. The van der Waals surface area contributed by atoms with Crippen LogP contribution in [0.15, 0.2) is 24.3 Å². The summed E-state index contributed by atoms with van der Waals surface area (Å²) in [6.07, 6.45) is 0.0445. The number of halogens is 1. The molecule has 0 spiro atoms. The van der Waals surface area contributed by atoms with E-state index in [1.165, 1.54) is 0 Å². The van der Waals surface area contributed by atoms with Gasteiger partial charge in [-0.25, -0.2) is 0 Å². The minimum absolute atomic E-state index is 0.0774. The van der Waals surface area contributed by atoms with E-state index in [0.717, 1.165) is 11.3 Å². The molecule has 1 unspecified atom stereocenters. The van der Waals surface area contributed by atoms with Crippen LogP contribution in [0.25, 0.3) is 0 Å². The predicted molar refractivity (Wildman–Crippen MR) is 63.1 cm³/mol. The monoisotopic (exact) mass is 242 g/mol. The molecule has 0 heterocycles. The van der Waals surface area contributed by atoms with Crippen LogP contribution in [-0.2, 0) is 4.79 Å². The van der Waals surface area contributed by atoms with Crippen LogP contribution < -0.4 is 4.74 Å². The van der Waals surface area contributed by atoms with Gasteiger partial charge in [-0.05, 0) is 31.5 Å². The van der Waals surface area contributed by atoms with Gasteiger partial charge in [0.2, 0.25) is 0 Å². The first-order valence-corrected chi connectivity index (χ1v) is 5.55. The fourth-order valence-corrected chi connectivity index (χ4v) is 1.58. The lowest BCUT2D eigenvalue weighted by atomic mass is 10.1. The molecule has 1 rings (SSSR count). The number of alkyl halides is 1. The second kappa shape index (κ2) is 5.75. The van der Waals surface area contributed by atoms with Crippen molar-refractivity contribution in [3.8, 4) is 5.75 Å². The standard InChI is InChI=1S/C12H15ClO3/c1-8(2)16-10-5-3-9(4-6-10)11(13)7-12(14)15/h3-6,8,11H,7H2,1-2H3,(H,14,15). The van der Waals surface area contributed by atoms with Gasteiger partial charge in [0.15, 0.2) is 0 Å². The van der Waals surface area contributed by atoms with Crippen molar-refractivity contribution >= 4 is 17.6 Å². The molecule has 16 heavy (non-hydrogen) atoms. The summed E-state index contributed by atoms with van der Waals surface area (Å²) in [4.78, 5) is 10.5. The van der Waals surface area contributed by atoms with Crippen molar-refractivity contribution in [1.82, 2.24) is 0 Å². The number of rotatable bonds is 5. The van der Waals surface area contributed by atoms with E-state index < -0.39 is 11.3 Å². The zero-order valence-electron chi connectivity index (χ0n) is 9.31. The average molecular weight is 243 g/mol. The van der Waals surface area contributed by atoms with E-state index in [4.69, 9.17) is 21.4 Å². The largest absolute Gasteiger partial charge is 0.491 e. The van der Waals surface area contributed by atoms with Crippen molar-refractivity contribution in [3.05, 3.63) is 29.8 Å². The van der Waals surface area contributed by atoms with Gasteiger partial charge in [0, 0.05) is 0 Å². The van der Waals surface area contributed by atoms with Crippen molar-refractivity contribution in [2.24, 2.45) is 0 Å². The molecule has 0 aromatic heterocycles. The van der Waals surface area contributed by atoms with Gasteiger partial charge < -0.3 is 9.84 Å². The van der Waals surface area contributed by atoms with Crippen molar-refractivity contribution in [3.63, 3.8) is 0 Å². The topological polar surface area (TPSA) is 46.5 Å². The van der Waals surface area contributed by atoms with Gasteiger partial charge in [-0.15, -0.1) is 11.6 Å². The number of carboxylic acids is 1. The molecule has 88 valence electrons. The summed E-state index contributed by atoms with van der Waals surface area (Å²) < 4.78 is 5.47. The summed E-state index contributed by atoms with van der Waals surface area (Å²) >= 11 is 5.94. The lowest BCUT2D eigenvalue weighted by Crippen LogP contribution is -2.05. The Kier molecular flexibility index (Phi) is 4.62. The maximum absolute atomic E-state index is 10.5. The Balaban J connectivity index is 2.66. The molecule has 0 aliphatic carbocycles. The number of hydrogen-bond acceptors (Lipinski definition) is 2. The molecule has 1 N–H and O–H groups in total. The van der Waals surface area contributed by atoms with Crippen LogP contribution >= 0.6 is 11.6 Å². The third-order valence-corrected chi connectivity index (χ3v) is 2.37. The molecule has 0 fully saturated rings. The highest BCUT2D eigenvalue weighted by Crippen LogP contribution is 2.26. The molecular formula is C12H15ClO3. The Morgan fingerprint density at radius 2 is 1.94 bits per heavy atom. The molecule has 3 nitrogen and oxygen atoms in total. The molecule has 1 aromatic rings. The van der Waals surface area contributed by atoms with Crippen molar-refractivity contribution in [2.45, 2.75) is 31.7 Å². The summed E-state index contributed by atoms with van der Waals surface area (Å²) in [7, 11) is 0. The molecule has 0 bridgehead atoms. The summed E-state index contributed by atoms with van der Waals surface area (Å²) in [5, 5.41) is 8.11. The predicted octanol–water partition coefficient (Wildman–Crippen LogP) is 3.23. The first-order chi connectivity index (χ1) is 7.49. The first-order valence-electron chi connectivity index (χ1n) is 5.11. The van der Waals surface area contributed by atoms with Gasteiger partial charge in [0.05, 0.1) is 17.9 Å². The van der Waals surface area contributed by atoms with Gasteiger partial charge in [0.25, 0.3) is 0 Å². The fraction of sp³-hybridized carbons (Fsp3) is 0.417. The number of ether oxygens (including phenoxy) is 1. The van der Waals surface area contributed by atoms with Crippen molar-refractivity contribution in [1.29, 1.82) is 0 Å². The second-order valence-electron chi connectivity index (χ2n) is 3.80. The SMILES string of the molecule is CC(C)Oc1ccc(C(Cl)CC(=O)O)cc1. The Morgan fingerprint density at radius 3 is 2.38 bits per heavy atom. The third kappa shape index (κ3) is 4.11. The van der Waals surface area contributed by atoms with E-state index in [9.17, 15) is 4.79 Å². The van der Waals surface area contributed by atoms with Crippen molar-refractivity contribution in [2.75, 3.05) is 0 Å². The van der Waals surface area contributed by atoms with Crippen molar-refractivity contribution < 1.29 is 14.6 Å². The van der Waals surface area contributed by atoms with Crippen LogP contribution in [0.4, 0.5) is 0 Å². The molecule has 0 aliphatic rings. The molecule has 0 amide bonds. The normalized spacial score (nSPS) is 12.5. The van der Waals surface area contributed by atoms with E-state index in [1.54, 1.807) is 24.3 Å². The van der Waals surface area contributed by atoms with E-state index in [-0.39, 0.29) is 12.5 Å². The molecule has 0 radical (unpaired) electrons. The molecule has 0 aliphatic heterocycles. The lowest BCUT2D eigenvalue weighted by molar-refractivity contribution is -0.137. The number of aliphatic carboxylic acids is 1. The van der Waals surface area contributed by atoms with Crippen LogP contribution in [0.2, 0.25) is 0 Å². The molecule has 4 heteroatoms. The summed E-state index contributed by atoms with van der Waals surface area (Å²) in [6.45, 7) is 3.89. The number of carbonyl (C=O) groups is 1. The average Bonchev–Trinajstić information content (AvgIpc) is 2.16. The Hall–Kier alpha value is -1.22.